The van der Waals surface area contributed by atoms with Crippen LogP contribution in [0.2, 0.25) is 0 Å². The lowest BCUT2D eigenvalue weighted by Crippen LogP contribution is -2.40. The first-order valence-electron chi connectivity index (χ1n) is 15.9. The molecule has 1 unspecified atom stereocenters. The van der Waals surface area contributed by atoms with Gasteiger partial charge in [-0.15, -0.1) is 0 Å². The van der Waals surface area contributed by atoms with Crippen LogP contribution in [0.15, 0.2) is 93.9 Å². The van der Waals surface area contributed by atoms with Crippen LogP contribution in [-0.2, 0) is 13.1 Å². The number of ether oxygens (including phenoxy) is 2. The number of rotatable bonds is 6. The molecule has 0 fully saturated rings. The number of fused-ring (bicyclic) bond motifs is 2. The number of halogens is 2. The highest BCUT2D eigenvalue weighted by molar-refractivity contribution is 9.10. The van der Waals surface area contributed by atoms with Gasteiger partial charge in [0, 0.05) is 37.4 Å². The highest BCUT2D eigenvalue weighted by Gasteiger charge is 2.38. The van der Waals surface area contributed by atoms with Gasteiger partial charge < -0.3 is 19.5 Å². The van der Waals surface area contributed by atoms with E-state index in [1.807, 2.05) is 66.7 Å². The lowest BCUT2D eigenvalue weighted by molar-refractivity contribution is 0.000803. The Hall–Kier alpha value is -5.03. The van der Waals surface area contributed by atoms with Crippen LogP contribution in [0.4, 0.5) is 0 Å². The number of carbonyl (C=O) groups excluding carboxylic acids is 3. The zero-order chi connectivity index (χ0) is 34.6. The molecule has 9 rings (SSSR count). The first-order chi connectivity index (χ1) is 24.2. The van der Waals surface area contributed by atoms with E-state index < -0.39 is 6.23 Å². The molecule has 2 aliphatic heterocycles. The maximum atomic E-state index is 14.2. The second-order valence-corrected chi connectivity index (χ2v) is 14.3. The van der Waals surface area contributed by atoms with Gasteiger partial charge in [0.2, 0.25) is 0 Å². The van der Waals surface area contributed by atoms with Crippen LogP contribution in [0.3, 0.4) is 0 Å². The predicted molar refractivity (Wildman–Crippen MR) is 198 cm³/mol. The Morgan fingerprint density at radius 3 is 1.70 bits per heavy atom. The Labute approximate surface area is 302 Å². The largest absolute Gasteiger partial charge is 0.497 e. The molecule has 0 saturated carbocycles. The SMILES string of the molecule is COc1ccc(CN2C(=O)c3ccc4c5cc(Br)c6c7c(ccc(c8cc(Br)c(c3c84)C2=O)c75)C(O)N(Cc2ccc(OC)cc2)C6=O)cc1. The Morgan fingerprint density at radius 1 is 0.600 bits per heavy atom. The first-order valence-corrected chi connectivity index (χ1v) is 17.5. The molecule has 10 heteroatoms. The summed E-state index contributed by atoms with van der Waals surface area (Å²) < 4.78 is 11.7. The minimum Gasteiger partial charge on any atom is -0.497 e. The van der Waals surface area contributed by atoms with E-state index in [0.717, 1.165) is 43.4 Å². The number of imide groups is 1. The molecule has 0 aromatic heterocycles. The number of hydrogen-bond donors (Lipinski definition) is 1. The number of benzene rings is 7. The van der Waals surface area contributed by atoms with Crippen LogP contribution >= 0.6 is 31.9 Å². The molecule has 2 heterocycles. The molecule has 0 radical (unpaired) electrons. The summed E-state index contributed by atoms with van der Waals surface area (Å²) in [6, 6.07) is 26.1. The number of hydrogen-bond acceptors (Lipinski definition) is 6. The molecule has 1 N–H and O–H groups in total. The van der Waals surface area contributed by atoms with Crippen LogP contribution in [-0.4, -0.2) is 46.8 Å². The van der Waals surface area contributed by atoms with Gasteiger partial charge in [0.25, 0.3) is 17.7 Å². The lowest BCUT2D eigenvalue weighted by atomic mass is 9.82. The van der Waals surface area contributed by atoms with Crippen LogP contribution in [0.25, 0.3) is 43.1 Å². The number of nitrogens with zero attached hydrogens (tertiary/aromatic N) is 2. The summed E-state index contributed by atoms with van der Waals surface area (Å²) in [5.74, 6) is 0.364. The molecule has 8 nitrogen and oxygen atoms in total. The fourth-order valence-electron chi connectivity index (χ4n) is 7.71. The van der Waals surface area contributed by atoms with E-state index in [1.54, 1.807) is 32.4 Å². The van der Waals surface area contributed by atoms with Crippen molar-refractivity contribution >= 4 is 92.7 Å². The fourth-order valence-corrected chi connectivity index (χ4v) is 8.91. The van der Waals surface area contributed by atoms with Gasteiger partial charge >= 0.3 is 0 Å². The van der Waals surface area contributed by atoms with Crippen molar-refractivity contribution in [2.45, 2.75) is 19.3 Å². The van der Waals surface area contributed by atoms with Gasteiger partial charge in [0.15, 0.2) is 6.23 Å². The Morgan fingerprint density at radius 2 is 1.12 bits per heavy atom. The summed E-state index contributed by atoms with van der Waals surface area (Å²) in [5, 5.41) is 18.0. The molecule has 7 aromatic rings. The first kappa shape index (κ1) is 31.0. The van der Waals surface area contributed by atoms with Crippen LogP contribution < -0.4 is 9.47 Å². The molecule has 50 heavy (non-hydrogen) atoms. The van der Waals surface area contributed by atoms with Crippen LogP contribution in [0.1, 0.15) is 54.0 Å². The van der Waals surface area contributed by atoms with Gasteiger partial charge in [-0.05, 0) is 118 Å². The van der Waals surface area contributed by atoms with E-state index in [0.29, 0.717) is 53.5 Å². The summed E-state index contributed by atoms with van der Waals surface area (Å²) in [6.45, 7) is 0.323. The Balaban J connectivity index is 1.23. The lowest BCUT2D eigenvalue weighted by Gasteiger charge is -2.35. The second-order valence-electron chi connectivity index (χ2n) is 12.6. The summed E-state index contributed by atoms with van der Waals surface area (Å²) in [4.78, 5) is 45.2. The number of aliphatic hydroxyl groups excluding tert-OH is 1. The van der Waals surface area contributed by atoms with Crippen molar-refractivity contribution in [1.82, 2.24) is 9.80 Å². The third-order valence-electron chi connectivity index (χ3n) is 10.1. The maximum absolute atomic E-state index is 14.2. The number of methoxy groups -OCH3 is 2. The molecule has 0 saturated heterocycles. The maximum Gasteiger partial charge on any atom is 0.262 e. The van der Waals surface area contributed by atoms with Crippen molar-refractivity contribution in [3.8, 4) is 11.5 Å². The van der Waals surface area contributed by atoms with Crippen molar-refractivity contribution in [2.24, 2.45) is 0 Å². The van der Waals surface area contributed by atoms with E-state index in [9.17, 15) is 19.5 Å². The number of amides is 3. The zero-order valence-corrected chi connectivity index (χ0v) is 29.9. The van der Waals surface area contributed by atoms with Crippen LogP contribution in [0.5, 0.6) is 11.5 Å². The summed E-state index contributed by atoms with van der Waals surface area (Å²) in [6.07, 6.45) is -1.18. The van der Waals surface area contributed by atoms with Crippen molar-refractivity contribution in [3.05, 3.63) is 127 Å². The number of carbonyl (C=O) groups is 3. The van der Waals surface area contributed by atoms with Crippen molar-refractivity contribution in [2.75, 3.05) is 14.2 Å². The third kappa shape index (κ3) is 4.28. The normalized spacial score (nSPS) is 15.7. The highest BCUT2D eigenvalue weighted by Crippen LogP contribution is 2.50. The molecule has 2 aliphatic rings. The van der Waals surface area contributed by atoms with Gasteiger partial charge in [-0.25, -0.2) is 0 Å². The summed E-state index contributed by atoms with van der Waals surface area (Å²) in [7, 11) is 3.19. The van der Waals surface area contributed by atoms with Crippen molar-refractivity contribution in [1.29, 1.82) is 0 Å². The van der Waals surface area contributed by atoms with E-state index in [4.69, 9.17) is 9.47 Å². The smallest absolute Gasteiger partial charge is 0.262 e. The van der Waals surface area contributed by atoms with E-state index in [-0.39, 0.29) is 30.8 Å². The minimum atomic E-state index is -1.18. The van der Waals surface area contributed by atoms with Gasteiger partial charge in [0.1, 0.15) is 11.5 Å². The van der Waals surface area contributed by atoms with Crippen LogP contribution in [0, 0.1) is 0 Å². The van der Waals surface area contributed by atoms with Gasteiger partial charge in [0.05, 0.1) is 31.9 Å². The van der Waals surface area contributed by atoms with Gasteiger partial charge in [-0.3, -0.25) is 19.3 Å². The van der Waals surface area contributed by atoms with E-state index in [2.05, 4.69) is 31.9 Å². The summed E-state index contributed by atoms with van der Waals surface area (Å²) >= 11 is 7.43. The minimum absolute atomic E-state index is 0.116. The molecule has 0 bridgehead atoms. The quantitative estimate of drug-likeness (QED) is 0.103. The van der Waals surface area contributed by atoms with Gasteiger partial charge in [-0.1, -0.05) is 42.5 Å². The Bertz CT molecular complexity index is 2620. The average Bonchev–Trinajstić information content (AvgIpc) is 3.13. The predicted octanol–water partition coefficient (Wildman–Crippen LogP) is 8.72. The summed E-state index contributed by atoms with van der Waals surface area (Å²) in [5.41, 5.74) is 3.64. The highest BCUT2D eigenvalue weighted by atomic mass is 79.9. The van der Waals surface area contributed by atoms with Crippen molar-refractivity contribution in [3.63, 3.8) is 0 Å². The fraction of sp³-hybridized carbons (Fsp3) is 0.125. The third-order valence-corrected chi connectivity index (χ3v) is 11.3. The zero-order valence-electron chi connectivity index (χ0n) is 26.7. The molecule has 1 atom stereocenters. The molecular formula is C40H26Br2N2O6. The standard InChI is InChI=1S/C40H26Br2N2O6/c1-49-21-7-3-19(4-8-21)17-43-37(45)25-13-11-23-28-16-30(42)36-34-26(38(46)44(40(36)48)18-20-5-9-22(50-2)10-6-20)14-12-24(32(28)34)27-15-29(41)35(39(43)47)33(25)31(23)27/h3-16,37,45H,17-18H2,1-2H3. The molecule has 0 spiro atoms. The average molecular weight is 790 g/mol. The topological polar surface area (TPSA) is 96.4 Å². The molecular weight excluding hydrogens is 764 g/mol. The molecule has 246 valence electrons. The molecule has 3 amide bonds. The van der Waals surface area contributed by atoms with E-state index >= 15 is 0 Å². The Kier molecular flexibility index (Phi) is 6.97. The van der Waals surface area contributed by atoms with Gasteiger partial charge in [-0.2, -0.15) is 0 Å². The second kappa shape index (κ2) is 11.2. The van der Waals surface area contributed by atoms with Crippen molar-refractivity contribution < 1.29 is 29.0 Å². The molecule has 0 aliphatic carbocycles. The number of aliphatic hydroxyl groups is 1. The molecule has 7 aromatic carbocycles. The van der Waals surface area contributed by atoms with E-state index in [1.165, 1.54) is 9.80 Å². The monoisotopic (exact) mass is 788 g/mol.